The van der Waals surface area contributed by atoms with Crippen molar-refractivity contribution in [3.05, 3.63) is 28.2 Å². The van der Waals surface area contributed by atoms with Gasteiger partial charge < -0.3 is 5.01 Å². The van der Waals surface area contributed by atoms with Crippen molar-refractivity contribution in [1.82, 2.24) is 0 Å². The molecular weight excluding hydrogens is 183 g/mol. The number of nitrogens with two attached hydrogens (primary N) is 1. The molecule has 0 unspecified atom stereocenters. The van der Waals surface area contributed by atoms with Crippen molar-refractivity contribution in [2.24, 2.45) is 5.84 Å². The second-order valence-corrected chi connectivity index (χ2v) is 3.02. The molecule has 0 spiro atoms. The minimum atomic E-state index is 0.515. The number of rotatable bonds is 1. The minimum Gasteiger partial charge on any atom is -0.314 e. The lowest BCUT2D eigenvalue weighted by Crippen LogP contribution is -2.24. The van der Waals surface area contributed by atoms with Crippen molar-refractivity contribution in [3.63, 3.8) is 0 Å². The number of hydrogen-bond acceptors (Lipinski definition) is 2. The van der Waals surface area contributed by atoms with E-state index in [-0.39, 0.29) is 0 Å². The number of benzene rings is 1. The molecule has 0 bridgehead atoms. The number of anilines is 1. The monoisotopic (exact) mass is 190 g/mol. The topological polar surface area (TPSA) is 29.3 Å². The van der Waals surface area contributed by atoms with E-state index in [4.69, 9.17) is 29.0 Å². The minimum absolute atomic E-state index is 0.515. The molecule has 0 radical (unpaired) electrons. The summed E-state index contributed by atoms with van der Waals surface area (Å²) in [5, 5.41) is 2.53. The van der Waals surface area contributed by atoms with E-state index in [1.807, 2.05) is 0 Å². The van der Waals surface area contributed by atoms with E-state index >= 15 is 0 Å². The van der Waals surface area contributed by atoms with Crippen LogP contribution in [0.1, 0.15) is 0 Å². The van der Waals surface area contributed by atoms with E-state index in [1.165, 1.54) is 5.01 Å². The fourth-order valence-corrected chi connectivity index (χ4v) is 0.997. The molecule has 1 rings (SSSR count). The average molecular weight is 191 g/mol. The first-order valence-electron chi connectivity index (χ1n) is 3.05. The molecule has 0 saturated heterocycles. The summed E-state index contributed by atoms with van der Waals surface area (Å²) >= 11 is 11.4. The highest BCUT2D eigenvalue weighted by atomic mass is 35.5. The fraction of sp³-hybridized carbons (Fsp3) is 0.143. The SMILES string of the molecule is CN(N)c1ccc(Cl)c(Cl)c1. The van der Waals surface area contributed by atoms with E-state index in [0.29, 0.717) is 10.0 Å². The molecule has 11 heavy (non-hydrogen) atoms. The number of hydrogen-bond donors (Lipinski definition) is 1. The van der Waals surface area contributed by atoms with Crippen molar-refractivity contribution in [3.8, 4) is 0 Å². The van der Waals surface area contributed by atoms with Crippen LogP contribution in [0.5, 0.6) is 0 Å². The Kier molecular flexibility index (Phi) is 2.60. The lowest BCUT2D eigenvalue weighted by molar-refractivity contribution is 1.02. The highest BCUT2D eigenvalue weighted by Gasteiger charge is 1.99. The van der Waals surface area contributed by atoms with Crippen molar-refractivity contribution in [2.75, 3.05) is 12.1 Å². The van der Waals surface area contributed by atoms with E-state index in [1.54, 1.807) is 25.2 Å². The van der Waals surface area contributed by atoms with Crippen molar-refractivity contribution >= 4 is 28.9 Å². The lowest BCUT2D eigenvalue weighted by atomic mass is 10.3. The van der Waals surface area contributed by atoms with Crippen LogP contribution in [0.15, 0.2) is 18.2 Å². The summed E-state index contributed by atoms with van der Waals surface area (Å²) in [6.45, 7) is 0. The zero-order chi connectivity index (χ0) is 8.43. The third-order valence-electron chi connectivity index (χ3n) is 1.31. The highest BCUT2D eigenvalue weighted by molar-refractivity contribution is 6.42. The predicted molar refractivity (Wildman–Crippen MR) is 49.1 cm³/mol. The van der Waals surface area contributed by atoms with Crippen LogP contribution < -0.4 is 10.9 Å². The third kappa shape index (κ3) is 1.99. The molecule has 0 aliphatic carbocycles. The van der Waals surface area contributed by atoms with Gasteiger partial charge in [-0.05, 0) is 18.2 Å². The standard InChI is InChI=1S/C7H8Cl2N2/c1-11(10)5-2-3-6(8)7(9)4-5/h2-4H,10H2,1H3. The van der Waals surface area contributed by atoms with Gasteiger partial charge in [-0.15, -0.1) is 0 Å². The Hall–Kier alpha value is -0.440. The summed E-state index contributed by atoms with van der Waals surface area (Å²) in [6, 6.07) is 5.22. The summed E-state index contributed by atoms with van der Waals surface area (Å²) in [5.41, 5.74) is 0.833. The van der Waals surface area contributed by atoms with Crippen LogP contribution in [0, 0.1) is 0 Å². The summed E-state index contributed by atoms with van der Waals surface area (Å²) < 4.78 is 0. The van der Waals surface area contributed by atoms with Crippen molar-refractivity contribution in [2.45, 2.75) is 0 Å². The molecule has 1 aromatic carbocycles. The Morgan fingerprint density at radius 2 is 1.91 bits per heavy atom. The van der Waals surface area contributed by atoms with Gasteiger partial charge in [-0.3, -0.25) is 0 Å². The van der Waals surface area contributed by atoms with E-state index < -0.39 is 0 Å². The fourth-order valence-electron chi connectivity index (χ4n) is 0.704. The van der Waals surface area contributed by atoms with E-state index in [9.17, 15) is 0 Å². The van der Waals surface area contributed by atoms with Gasteiger partial charge in [0.2, 0.25) is 0 Å². The summed E-state index contributed by atoms with van der Waals surface area (Å²) in [6.07, 6.45) is 0. The quantitative estimate of drug-likeness (QED) is 0.545. The van der Waals surface area contributed by atoms with Gasteiger partial charge in [0.15, 0.2) is 0 Å². The first-order valence-corrected chi connectivity index (χ1v) is 3.80. The number of nitrogens with zero attached hydrogens (tertiary/aromatic N) is 1. The molecule has 2 N–H and O–H groups in total. The van der Waals surface area contributed by atoms with Gasteiger partial charge in [-0.1, -0.05) is 23.2 Å². The van der Waals surface area contributed by atoms with Gasteiger partial charge in [-0.25, -0.2) is 5.84 Å². The maximum absolute atomic E-state index is 5.74. The molecular formula is C7H8Cl2N2. The molecule has 1 aromatic rings. The molecule has 2 nitrogen and oxygen atoms in total. The molecule has 60 valence electrons. The van der Waals surface area contributed by atoms with Crippen LogP contribution >= 0.6 is 23.2 Å². The smallest absolute Gasteiger partial charge is 0.0613 e. The summed E-state index contributed by atoms with van der Waals surface area (Å²) in [4.78, 5) is 0. The molecule has 0 fully saturated rings. The Balaban J connectivity index is 3.05. The van der Waals surface area contributed by atoms with Crippen LogP contribution in [0.3, 0.4) is 0 Å². The van der Waals surface area contributed by atoms with Gasteiger partial charge in [0, 0.05) is 7.05 Å². The highest BCUT2D eigenvalue weighted by Crippen LogP contribution is 2.25. The van der Waals surface area contributed by atoms with Crippen molar-refractivity contribution < 1.29 is 0 Å². The first-order chi connectivity index (χ1) is 5.11. The zero-order valence-corrected chi connectivity index (χ0v) is 7.52. The van der Waals surface area contributed by atoms with Gasteiger partial charge in [0.25, 0.3) is 0 Å². The second-order valence-electron chi connectivity index (χ2n) is 2.21. The maximum atomic E-state index is 5.74. The number of hydrazine groups is 1. The molecule has 0 atom stereocenters. The molecule has 0 aliphatic heterocycles. The maximum Gasteiger partial charge on any atom is 0.0613 e. The molecule has 0 saturated carbocycles. The van der Waals surface area contributed by atoms with Crippen LogP contribution in [0.4, 0.5) is 5.69 Å². The van der Waals surface area contributed by atoms with Gasteiger partial charge >= 0.3 is 0 Å². The lowest BCUT2D eigenvalue weighted by Gasteiger charge is -2.11. The van der Waals surface area contributed by atoms with E-state index in [2.05, 4.69) is 0 Å². The number of halogens is 2. The Morgan fingerprint density at radius 3 is 2.36 bits per heavy atom. The van der Waals surface area contributed by atoms with E-state index in [0.717, 1.165) is 5.69 Å². The zero-order valence-electron chi connectivity index (χ0n) is 6.01. The van der Waals surface area contributed by atoms with Gasteiger partial charge in [-0.2, -0.15) is 0 Å². The third-order valence-corrected chi connectivity index (χ3v) is 2.05. The molecule has 0 aromatic heterocycles. The molecule has 0 heterocycles. The van der Waals surface area contributed by atoms with Crippen LogP contribution in [0.2, 0.25) is 10.0 Å². The first kappa shape index (κ1) is 8.65. The summed E-state index contributed by atoms with van der Waals surface area (Å²) in [7, 11) is 1.74. The predicted octanol–water partition coefficient (Wildman–Crippen LogP) is 2.30. The molecule has 4 heteroatoms. The van der Waals surface area contributed by atoms with Gasteiger partial charge in [0.1, 0.15) is 0 Å². The average Bonchev–Trinajstić information content (AvgIpc) is 1.94. The molecule has 0 amide bonds. The van der Waals surface area contributed by atoms with Gasteiger partial charge in [0.05, 0.1) is 15.7 Å². The second kappa shape index (κ2) is 3.30. The Labute approximate surface area is 75.5 Å². The normalized spacial score (nSPS) is 9.82. The largest absolute Gasteiger partial charge is 0.314 e. The van der Waals surface area contributed by atoms with Crippen molar-refractivity contribution in [1.29, 1.82) is 0 Å². The van der Waals surface area contributed by atoms with Crippen LogP contribution in [-0.2, 0) is 0 Å². The molecule has 0 aliphatic rings. The Bertz CT molecular complexity index is 261. The van der Waals surface area contributed by atoms with Crippen LogP contribution in [-0.4, -0.2) is 7.05 Å². The van der Waals surface area contributed by atoms with Crippen LogP contribution in [0.25, 0.3) is 0 Å². The summed E-state index contributed by atoms with van der Waals surface area (Å²) in [5.74, 6) is 5.46. The Morgan fingerprint density at radius 1 is 1.27 bits per heavy atom.